The number of ether oxygens (including phenoxy) is 1. The van der Waals surface area contributed by atoms with Crippen LogP contribution in [0.2, 0.25) is 0 Å². The van der Waals surface area contributed by atoms with Crippen molar-refractivity contribution >= 4 is 18.2 Å². The Bertz CT molecular complexity index is 766. The molecule has 6 nitrogen and oxygen atoms in total. The number of rotatable bonds is 0. The summed E-state index contributed by atoms with van der Waals surface area (Å²) in [6.07, 6.45) is 0.571. The molecule has 2 heterocycles. The van der Waals surface area contributed by atoms with Gasteiger partial charge in [-0.05, 0) is 18.1 Å². The van der Waals surface area contributed by atoms with Gasteiger partial charge in [0, 0.05) is 24.8 Å². The number of hydrogen-bond acceptors (Lipinski definition) is 5. The highest BCUT2D eigenvalue weighted by molar-refractivity contribution is 5.90. The maximum atomic E-state index is 13.0. The van der Waals surface area contributed by atoms with Crippen molar-refractivity contribution in [2.45, 2.75) is 48.8 Å². The molecule has 1 spiro atoms. The summed E-state index contributed by atoms with van der Waals surface area (Å²) in [4.78, 5) is 12.5. The van der Waals surface area contributed by atoms with Gasteiger partial charge in [0.1, 0.15) is 11.6 Å². The van der Waals surface area contributed by atoms with E-state index in [4.69, 9.17) is 4.74 Å². The van der Waals surface area contributed by atoms with Crippen LogP contribution in [0.4, 0.5) is 0 Å². The predicted molar refractivity (Wildman–Crippen MR) is 87.2 cm³/mol. The minimum Gasteiger partial charge on any atom is -0.633 e. The highest BCUT2D eigenvalue weighted by Gasteiger charge is 2.75. The molecule has 5 atom stereocenters. The van der Waals surface area contributed by atoms with Crippen molar-refractivity contribution in [3.8, 4) is 11.5 Å². The van der Waals surface area contributed by atoms with Gasteiger partial charge >= 0.3 is 0 Å². The number of piperidine rings is 1. The molecule has 1 saturated heterocycles. The molecule has 7 heteroatoms. The van der Waals surface area contributed by atoms with E-state index in [0.717, 1.165) is 11.1 Å². The molecule has 1 aromatic rings. The number of phenolic OH excluding ortho intramolecular Hbond substituents is 1. The zero-order chi connectivity index (χ0) is 16.2. The largest absolute Gasteiger partial charge is 0.633 e. The maximum Gasteiger partial charge on any atom is 0.174 e. The molecular formula is C17H20ClNO5. The molecule has 1 aromatic carbocycles. The van der Waals surface area contributed by atoms with E-state index >= 15 is 0 Å². The second-order valence-electron chi connectivity index (χ2n) is 7.68. The summed E-state index contributed by atoms with van der Waals surface area (Å²) in [5, 5.41) is 34.8. The van der Waals surface area contributed by atoms with Crippen molar-refractivity contribution in [2.24, 2.45) is 0 Å². The lowest BCUT2D eigenvalue weighted by atomic mass is 9.49. The molecular weight excluding hydrogens is 334 g/mol. The number of carbonyl (C=O) groups is 1. The Balaban J connectivity index is 0.00000146. The molecule has 0 aromatic heterocycles. The normalized spacial score (nSPS) is 44.4. The van der Waals surface area contributed by atoms with Crippen molar-refractivity contribution in [1.29, 1.82) is 0 Å². The Morgan fingerprint density at radius 1 is 1.38 bits per heavy atom. The van der Waals surface area contributed by atoms with Gasteiger partial charge in [-0.1, -0.05) is 6.07 Å². The van der Waals surface area contributed by atoms with Crippen LogP contribution >= 0.6 is 12.4 Å². The maximum absolute atomic E-state index is 13.0. The molecule has 2 bridgehead atoms. The van der Waals surface area contributed by atoms with E-state index in [1.165, 1.54) is 0 Å². The number of nitrogens with zero attached hydrogens (tertiary/aromatic N) is 1. The molecule has 0 amide bonds. The van der Waals surface area contributed by atoms with Crippen LogP contribution < -0.4 is 4.74 Å². The third-order valence-electron chi connectivity index (χ3n) is 6.74. The summed E-state index contributed by atoms with van der Waals surface area (Å²) in [5.74, 6) is 0.298. The molecule has 4 aliphatic rings. The summed E-state index contributed by atoms with van der Waals surface area (Å²) in [5.41, 5.74) is -0.443. The monoisotopic (exact) mass is 353 g/mol. The number of halogens is 1. The van der Waals surface area contributed by atoms with Crippen molar-refractivity contribution < 1.29 is 24.4 Å². The first-order valence-corrected chi connectivity index (χ1v) is 8.14. The summed E-state index contributed by atoms with van der Waals surface area (Å²) in [7, 11) is 1.61. The minimum absolute atomic E-state index is 0. The average molecular weight is 354 g/mol. The van der Waals surface area contributed by atoms with Crippen molar-refractivity contribution in [3.63, 3.8) is 0 Å². The molecule has 2 fully saturated rings. The molecule has 130 valence electrons. The topological polar surface area (TPSA) is 89.8 Å². The van der Waals surface area contributed by atoms with Gasteiger partial charge in [0.25, 0.3) is 0 Å². The fourth-order valence-electron chi connectivity index (χ4n) is 5.71. The van der Waals surface area contributed by atoms with Crippen LogP contribution in [0, 0.1) is 5.21 Å². The first-order chi connectivity index (χ1) is 10.8. The van der Waals surface area contributed by atoms with Gasteiger partial charge in [0.15, 0.2) is 23.4 Å². The molecule has 1 saturated carbocycles. The standard InChI is InChI=1S/C17H19NO5.ClH/c1-18(22)7-6-16-13-9-2-3-10(19)14(13)23-15(16)11(20)4-5-17(16,21)12(18)8-9;/h2-3,12,15,19,21H,4-8H2,1H3;1H/t12-,15+,16+,17-,18?;/m1./s1. The second kappa shape index (κ2) is 4.43. The van der Waals surface area contributed by atoms with Gasteiger partial charge in [-0.3, -0.25) is 4.79 Å². The number of quaternary nitrogens is 1. The highest BCUT2D eigenvalue weighted by atomic mass is 35.5. The van der Waals surface area contributed by atoms with E-state index in [-0.39, 0.29) is 30.4 Å². The Kier molecular flexibility index (Phi) is 2.98. The van der Waals surface area contributed by atoms with E-state index in [1.807, 2.05) is 0 Å². The van der Waals surface area contributed by atoms with Crippen LogP contribution in [-0.2, 0) is 16.6 Å². The zero-order valence-corrected chi connectivity index (χ0v) is 14.1. The van der Waals surface area contributed by atoms with Crippen LogP contribution in [-0.4, -0.2) is 52.0 Å². The van der Waals surface area contributed by atoms with Crippen molar-refractivity contribution in [1.82, 2.24) is 0 Å². The van der Waals surface area contributed by atoms with Crippen molar-refractivity contribution in [3.05, 3.63) is 28.5 Å². The summed E-state index contributed by atoms with van der Waals surface area (Å²) in [6.45, 7) is 0.342. The van der Waals surface area contributed by atoms with E-state index in [9.17, 15) is 20.2 Å². The molecule has 2 aliphatic heterocycles. The quantitative estimate of drug-likeness (QED) is 0.540. The van der Waals surface area contributed by atoms with Crippen LogP contribution in [0.5, 0.6) is 11.5 Å². The Hall–Kier alpha value is -1.34. The minimum atomic E-state index is -1.26. The molecule has 2 N–H and O–H groups in total. The van der Waals surface area contributed by atoms with Gasteiger partial charge in [-0.2, -0.15) is 0 Å². The number of aliphatic hydroxyl groups is 1. The van der Waals surface area contributed by atoms with Gasteiger partial charge in [-0.25, -0.2) is 0 Å². The number of hydroxylamine groups is 3. The lowest BCUT2D eigenvalue weighted by molar-refractivity contribution is -0.904. The number of aromatic hydroxyl groups is 1. The molecule has 24 heavy (non-hydrogen) atoms. The fourth-order valence-corrected chi connectivity index (χ4v) is 5.71. The number of ketones is 1. The summed E-state index contributed by atoms with van der Waals surface area (Å²) >= 11 is 0. The van der Waals surface area contributed by atoms with Crippen molar-refractivity contribution in [2.75, 3.05) is 13.6 Å². The Labute approximate surface area is 145 Å². The number of carbonyl (C=O) groups excluding carboxylic acids is 1. The third-order valence-corrected chi connectivity index (χ3v) is 6.74. The number of Topliss-reactive ketones (excluding diaryl/α,β-unsaturated/α-hetero) is 1. The zero-order valence-electron chi connectivity index (χ0n) is 13.3. The Morgan fingerprint density at radius 3 is 2.88 bits per heavy atom. The lowest BCUT2D eigenvalue weighted by Gasteiger charge is -2.65. The van der Waals surface area contributed by atoms with Gasteiger partial charge in [0.2, 0.25) is 0 Å². The summed E-state index contributed by atoms with van der Waals surface area (Å²) < 4.78 is 5.40. The second-order valence-corrected chi connectivity index (χ2v) is 7.68. The first-order valence-electron chi connectivity index (χ1n) is 8.14. The highest BCUT2D eigenvalue weighted by Crippen LogP contribution is 2.65. The number of benzene rings is 1. The van der Waals surface area contributed by atoms with E-state index in [2.05, 4.69) is 0 Å². The van der Waals surface area contributed by atoms with E-state index in [1.54, 1.807) is 19.2 Å². The van der Waals surface area contributed by atoms with Gasteiger partial charge in [-0.15, -0.1) is 12.4 Å². The smallest absolute Gasteiger partial charge is 0.174 e. The van der Waals surface area contributed by atoms with Crippen LogP contribution in [0.3, 0.4) is 0 Å². The number of hydrogen-bond donors (Lipinski definition) is 2. The summed E-state index contributed by atoms with van der Waals surface area (Å²) in [6, 6.07) is 2.86. The Morgan fingerprint density at radius 2 is 2.12 bits per heavy atom. The average Bonchev–Trinajstić information content (AvgIpc) is 2.86. The molecule has 1 unspecified atom stereocenters. The van der Waals surface area contributed by atoms with Gasteiger partial charge < -0.3 is 24.8 Å². The van der Waals surface area contributed by atoms with Gasteiger partial charge in [0.05, 0.1) is 19.0 Å². The number of phenols is 1. The number of likely N-dealkylation sites (N-methyl/N-ethyl adjacent to an activating group) is 1. The molecule has 0 radical (unpaired) electrons. The van der Waals surface area contributed by atoms with E-state index in [0.29, 0.717) is 31.6 Å². The molecule has 2 aliphatic carbocycles. The van der Waals surface area contributed by atoms with Crippen LogP contribution in [0.25, 0.3) is 0 Å². The molecule has 5 rings (SSSR count). The predicted octanol–water partition coefficient (Wildman–Crippen LogP) is 1.18. The SMILES string of the molecule is C[N+]1([O-])CC[C@]23c4c5ccc(O)c4O[C@H]2C(=O)CC[C@@]3(O)[C@H]1C5.Cl. The third kappa shape index (κ3) is 1.47. The van der Waals surface area contributed by atoms with Crippen LogP contribution in [0.15, 0.2) is 12.1 Å². The lowest BCUT2D eigenvalue weighted by Crippen LogP contribution is -2.79. The first kappa shape index (κ1) is 16.1. The number of likely N-dealkylation sites (tertiary alicyclic amines) is 1. The fraction of sp³-hybridized carbons (Fsp3) is 0.588. The van der Waals surface area contributed by atoms with E-state index < -0.39 is 27.8 Å². The van der Waals surface area contributed by atoms with Crippen LogP contribution in [0.1, 0.15) is 30.4 Å².